The molecule has 1 unspecified atom stereocenters. The number of hydrogen-bond donors (Lipinski definition) is 2. The van der Waals surface area contributed by atoms with Gasteiger partial charge in [-0.05, 0) is 50.1 Å². The molecule has 1 aliphatic rings. The van der Waals surface area contributed by atoms with E-state index in [2.05, 4.69) is 10.6 Å². The smallest absolute Gasteiger partial charge is 0.319 e. The first-order valence-corrected chi connectivity index (χ1v) is 8.57. The second-order valence-electron chi connectivity index (χ2n) is 6.43. The van der Waals surface area contributed by atoms with Crippen LogP contribution in [0, 0.1) is 6.92 Å². The van der Waals surface area contributed by atoms with Gasteiger partial charge in [0.2, 0.25) is 5.91 Å². The summed E-state index contributed by atoms with van der Waals surface area (Å²) in [5.74, 6) is 0.158. The average Bonchev–Trinajstić information content (AvgIpc) is 3.02. The first-order valence-electron chi connectivity index (χ1n) is 8.57. The Labute approximate surface area is 148 Å². The van der Waals surface area contributed by atoms with Crippen molar-refractivity contribution in [1.29, 1.82) is 0 Å². The SMILES string of the molecule is Cc1ccc(C(C)NC(=O)Nc2ccc(N3CCCC3=O)cc2)cc1. The van der Waals surface area contributed by atoms with Gasteiger partial charge in [0.05, 0.1) is 6.04 Å². The monoisotopic (exact) mass is 337 g/mol. The van der Waals surface area contributed by atoms with Gasteiger partial charge in [0.15, 0.2) is 0 Å². The number of nitrogens with one attached hydrogen (secondary N) is 2. The molecule has 0 aliphatic carbocycles. The van der Waals surface area contributed by atoms with E-state index in [1.807, 2.05) is 62.4 Å². The van der Waals surface area contributed by atoms with Gasteiger partial charge in [0.25, 0.3) is 0 Å². The quantitative estimate of drug-likeness (QED) is 0.886. The van der Waals surface area contributed by atoms with Crippen molar-refractivity contribution in [3.05, 3.63) is 59.7 Å². The van der Waals surface area contributed by atoms with Gasteiger partial charge in [-0.2, -0.15) is 0 Å². The molecule has 25 heavy (non-hydrogen) atoms. The summed E-state index contributed by atoms with van der Waals surface area (Å²) in [6, 6.07) is 15.1. The van der Waals surface area contributed by atoms with Gasteiger partial charge >= 0.3 is 6.03 Å². The molecule has 2 aromatic rings. The zero-order valence-electron chi connectivity index (χ0n) is 14.6. The number of aryl methyl sites for hydroxylation is 1. The van der Waals surface area contributed by atoms with E-state index in [0.29, 0.717) is 12.1 Å². The van der Waals surface area contributed by atoms with E-state index >= 15 is 0 Å². The molecule has 1 atom stereocenters. The Morgan fingerprint density at radius 3 is 2.36 bits per heavy atom. The number of anilines is 2. The molecule has 5 nitrogen and oxygen atoms in total. The van der Waals surface area contributed by atoms with Crippen LogP contribution in [0.3, 0.4) is 0 Å². The van der Waals surface area contributed by atoms with Gasteiger partial charge in [-0.15, -0.1) is 0 Å². The van der Waals surface area contributed by atoms with Gasteiger partial charge in [0.1, 0.15) is 0 Å². The standard InChI is InChI=1S/C20H23N3O2/c1-14-5-7-16(8-6-14)15(2)21-20(25)22-17-9-11-18(12-10-17)23-13-3-4-19(23)24/h5-12,15H,3-4,13H2,1-2H3,(H2,21,22,25). The molecule has 1 saturated heterocycles. The zero-order valence-corrected chi connectivity index (χ0v) is 14.6. The molecule has 130 valence electrons. The normalized spacial score (nSPS) is 15.1. The lowest BCUT2D eigenvalue weighted by atomic mass is 10.1. The second kappa shape index (κ2) is 7.38. The number of carbonyl (C=O) groups excluding carboxylic acids is 2. The highest BCUT2D eigenvalue weighted by molar-refractivity contribution is 5.96. The van der Waals surface area contributed by atoms with E-state index in [1.54, 1.807) is 4.90 Å². The van der Waals surface area contributed by atoms with E-state index < -0.39 is 0 Å². The van der Waals surface area contributed by atoms with Crippen molar-refractivity contribution < 1.29 is 9.59 Å². The minimum Gasteiger partial charge on any atom is -0.331 e. The summed E-state index contributed by atoms with van der Waals surface area (Å²) in [4.78, 5) is 25.7. The largest absolute Gasteiger partial charge is 0.331 e. The molecule has 0 aromatic heterocycles. The summed E-state index contributed by atoms with van der Waals surface area (Å²) in [6.07, 6.45) is 1.51. The van der Waals surface area contributed by atoms with Crippen molar-refractivity contribution in [3.8, 4) is 0 Å². The fraction of sp³-hybridized carbons (Fsp3) is 0.300. The third-order valence-electron chi connectivity index (χ3n) is 4.44. The molecular weight excluding hydrogens is 314 g/mol. The van der Waals surface area contributed by atoms with Crippen LogP contribution in [0.1, 0.15) is 36.9 Å². The molecular formula is C20H23N3O2. The van der Waals surface area contributed by atoms with Gasteiger partial charge < -0.3 is 15.5 Å². The molecule has 1 fully saturated rings. The summed E-state index contributed by atoms with van der Waals surface area (Å²) < 4.78 is 0. The minimum atomic E-state index is -0.252. The van der Waals surface area contributed by atoms with E-state index in [9.17, 15) is 9.59 Å². The number of carbonyl (C=O) groups is 2. The number of urea groups is 1. The highest BCUT2D eigenvalue weighted by Gasteiger charge is 2.21. The molecule has 2 aromatic carbocycles. The molecule has 3 rings (SSSR count). The Morgan fingerprint density at radius 1 is 1.08 bits per heavy atom. The lowest BCUT2D eigenvalue weighted by Crippen LogP contribution is -2.31. The van der Waals surface area contributed by atoms with E-state index in [-0.39, 0.29) is 18.0 Å². The summed E-state index contributed by atoms with van der Waals surface area (Å²) in [7, 11) is 0. The maximum atomic E-state index is 12.2. The van der Waals surface area contributed by atoms with E-state index in [4.69, 9.17) is 0 Å². The van der Waals surface area contributed by atoms with Crippen LogP contribution in [-0.2, 0) is 4.79 Å². The first-order chi connectivity index (χ1) is 12.0. The molecule has 0 saturated carbocycles. The third-order valence-corrected chi connectivity index (χ3v) is 4.44. The molecule has 0 bridgehead atoms. The molecule has 3 amide bonds. The molecule has 1 heterocycles. The van der Waals surface area contributed by atoms with Gasteiger partial charge in [-0.1, -0.05) is 29.8 Å². The molecule has 0 radical (unpaired) electrons. The minimum absolute atomic E-state index is 0.0814. The van der Waals surface area contributed by atoms with Crippen molar-refractivity contribution in [2.75, 3.05) is 16.8 Å². The number of rotatable bonds is 4. The fourth-order valence-electron chi connectivity index (χ4n) is 2.95. The topological polar surface area (TPSA) is 61.4 Å². The van der Waals surface area contributed by atoms with Gasteiger partial charge in [-0.3, -0.25) is 4.79 Å². The highest BCUT2D eigenvalue weighted by Crippen LogP contribution is 2.23. The van der Waals surface area contributed by atoms with Crippen LogP contribution in [0.4, 0.5) is 16.2 Å². The number of hydrogen-bond acceptors (Lipinski definition) is 2. The van der Waals surface area contributed by atoms with Crippen molar-refractivity contribution >= 4 is 23.3 Å². The summed E-state index contributed by atoms with van der Waals surface area (Å²) in [6.45, 7) is 4.75. The van der Waals surface area contributed by atoms with Crippen molar-refractivity contribution in [2.45, 2.75) is 32.7 Å². The summed E-state index contributed by atoms with van der Waals surface area (Å²) >= 11 is 0. The summed E-state index contributed by atoms with van der Waals surface area (Å²) in [5, 5.41) is 5.76. The first kappa shape index (κ1) is 17.0. The van der Waals surface area contributed by atoms with Crippen LogP contribution < -0.4 is 15.5 Å². The second-order valence-corrected chi connectivity index (χ2v) is 6.43. The fourth-order valence-corrected chi connectivity index (χ4v) is 2.95. The van der Waals surface area contributed by atoms with Crippen LogP contribution in [0.15, 0.2) is 48.5 Å². The van der Waals surface area contributed by atoms with E-state index in [0.717, 1.165) is 24.2 Å². The Hall–Kier alpha value is -2.82. The van der Waals surface area contributed by atoms with Crippen LogP contribution in [0.2, 0.25) is 0 Å². The van der Waals surface area contributed by atoms with E-state index in [1.165, 1.54) is 5.56 Å². The van der Waals surface area contributed by atoms with Crippen LogP contribution >= 0.6 is 0 Å². The Bertz CT molecular complexity index is 754. The number of nitrogens with zero attached hydrogens (tertiary/aromatic N) is 1. The van der Waals surface area contributed by atoms with Gasteiger partial charge in [-0.25, -0.2) is 4.79 Å². The van der Waals surface area contributed by atoms with Crippen molar-refractivity contribution in [1.82, 2.24) is 5.32 Å². The maximum Gasteiger partial charge on any atom is 0.319 e. The Morgan fingerprint density at radius 2 is 1.76 bits per heavy atom. The zero-order chi connectivity index (χ0) is 17.8. The lowest BCUT2D eigenvalue weighted by molar-refractivity contribution is -0.117. The lowest BCUT2D eigenvalue weighted by Gasteiger charge is -2.17. The number of benzene rings is 2. The Balaban J connectivity index is 1.57. The number of amides is 3. The Kier molecular flexibility index (Phi) is 5.03. The van der Waals surface area contributed by atoms with Crippen LogP contribution in [0.5, 0.6) is 0 Å². The van der Waals surface area contributed by atoms with Crippen molar-refractivity contribution in [3.63, 3.8) is 0 Å². The molecule has 1 aliphatic heterocycles. The van der Waals surface area contributed by atoms with Gasteiger partial charge in [0, 0.05) is 24.3 Å². The van der Waals surface area contributed by atoms with Crippen molar-refractivity contribution in [2.24, 2.45) is 0 Å². The predicted molar refractivity (Wildman–Crippen MR) is 99.8 cm³/mol. The molecule has 0 spiro atoms. The predicted octanol–water partition coefficient (Wildman–Crippen LogP) is 4.00. The average molecular weight is 337 g/mol. The summed E-state index contributed by atoms with van der Waals surface area (Å²) in [5.41, 5.74) is 3.83. The highest BCUT2D eigenvalue weighted by atomic mass is 16.2. The molecule has 2 N–H and O–H groups in total. The van der Waals surface area contributed by atoms with Crippen LogP contribution in [0.25, 0.3) is 0 Å². The van der Waals surface area contributed by atoms with Crippen LogP contribution in [-0.4, -0.2) is 18.5 Å². The third kappa shape index (κ3) is 4.18. The molecule has 5 heteroatoms. The maximum absolute atomic E-state index is 12.2.